The van der Waals surface area contributed by atoms with Crippen LogP contribution < -0.4 is 0 Å². The van der Waals surface area contributed by atoms with Crippen molar-refractivity contribution in [3.8, 4) is 0 Å². The number of aromatic nitrogens is 1. The summed E-state index contributed by atoms with van der Waals surface area (Å²) in [5, 5.41) is 9.47. The fourth-order valence-electron chi connectivity index (χ4n) is 2.88. The molecule has 1 atom stereocenters. The Morgan fingerprint density at radius 3 is 3.00 bits per heavy atom. The molecule has 0 amide bonds. The number of hydrogen-bond donors (Lipinski definition) is 1. The van der Waals surface area contributed by atoms with E-state index < -0.39 is 12.0 Å². The normalized spacial score (nSPS) is 23.8. The molecule has 0 bridgehead atoms. The van der Waals surface area contributed by atoms with E-state index in [1.54, 1.807) is 12.4 Å². The van der Waals surface area contributed by atoms with E-state index in [0.29, 0.717) is 6.54 Å². The average Bonchev–Trinajstić information content (AvgIpc) is 2.28. The number of likely N-dealkylation sites (tertiary alicyclic amines) is 1. The monoisotopic (exact) mass is 248 g/mol. The highest BCUT2D eigenvalue weighted by Gasteiger charge is 2.42. The van der Waals surface area contributed by atoms with Crippen molar-refractivity contribution in [3.63, 3.8) is 0 Å². The van der Waals surface area contributed by atoms with E-state index in [0.717, 1.165) is 24.9 Å². The highest BCUT2D eigenvalue weighted by Crippen LogP contribution is 2.35. The van der Waals surface area contributed by atoms with Crippen molar-refractivity contribution < 1.29 is 9.90 Å². The average molecular weight is 248 g/mol. The van der Waals surface area contributed by atoms with Crippen LogP contribution in [0.5, 0.6) is 0 Å². The van der Waals surface area contributed by atoms with Gasteiger partial charge in [-0.3, -0.25) is 14.7 Å². The minimum atomic E-state index is -0.719. The van der Waals surface area contributed by atoms with Gasteiger partial charge in [0.15, 0.2) is 0 Å². The highest BCUT2D eigenvalue weighted by molar-refractivity contribution is 5.74. The van der Waals surface area contributed by atoms with Crippen LogP contribution in [0.4, 0.5) is 0 Å². The summed E-state index contributed by atoms with van der Waals surface area (Å²) in [5.41, 5.74) is 0.896. The Bertz CT molecular complexity index is 417. The van der Waals surface area contributed by atoms with E-state index in [2.05, 4.69) is 9.88 Å². The quantitative estimate of drug-likeness (QED) is 0.890. The van der Waals surface area contributed by atoms with Crippen LogP contribution in [-0.2, 0) is 11.3 Å². The summed E-state index contributed by atoms with van der Waals surface area (Å²) in [4.78, 5) is 17.7. The molecule has 1 aliphatic heterocycles. The lowest BCUT2D eigenvalue weighted by atomic mass is 9.76. The summed E-state index contributed by atoms with van der Waals surface area (Å²) >= 11 is 0. The van der Waals surface area contributed by atoms with E-state index in [-0.39, 0.29) is 5.41 Å². The van der Waals surface area contributed by atoms with Gasteiger partial charge < -0.3 is 5.11 Å². The first-order valence-corrected chi connectivity index (χ1v) is 6.36. The Morgan fingerprint density at radius 2 is 2.39 bits per heavy atom. The second-order valence-electron chi connectivity index (χ2n) is 5.66. The molecule has 98 valence electrons. The lowest BCUT2D eigenvalue weighted by Gasteiger charge is -2.44. The van der Waals surface area contributed by atoms with Gasteiger partial charge >= 0.3 is 5.97 Å². The topological polar surface area (TPSA) is 53.4 Å². The van der Waals surface area contributed by atoms with Gasteiger partial charge in [0, 0.05) is 18.9 Å². The fourth-order valence-corrected chi connectivity index (χ4v) is 2.88. The van der Waals surface area contributed by atoms with Crippen LogP contribution in [0.15, 0.2) is 24.5 Å². The Balaban J connectivity index is 2.17. The molecule has 1 aromatic rings. The number of piperidine rings is 1. The summed E-state index contributed by atoms with van der Waals surface area (Å²) < 4.78 is 0. The zero-order valence-electron chi connectivity index (χ0n) is 11.0. The molecule has 2 rings (SSSR count). The van der Waals surface area contributed by atoms with Gasteiger partial charge in [-0.25, -0.2) is 0 Å². The second kappa shape index (κ2) is 5.06. The summed E-state index contributed by atoms with van der Waals surface area (Å²) in [6.07, 6.45) is 5.56. The molecule has 4 heteroatoms. The molecular formula is C14H20N2O2. The van der Waals surface area contributed by atoms with Crippen LogP contribution in [-0.4, -0.2) is 33.5 Å². The molecule has 0 saturated carbocycles. The largest absolute Gasteiger partial charge is 0.480 e. The van der Waals surface area contributed by atoms with Crippen LogP contribution >= 0.6 is 0 Å². The molecular weight excluding hydrogens is 228 g/mol. The van der Waals surface area contributed by atoms with Crippen molar-refractivity contribution in [2.45, 2.75) is 39.3 Å². The molecule has 0 spiro atoms. The maximum atomic E-state index is 11.5. The number of carboxylic acid groups (broad SMARTS) is 1. The van der Waals surface area contributed by atoms with E-state index in [1.807, 2.05) is 26.0 Å². The Hall–Kier alpha value is -1.42. The number of hydrogen-bond acceptors (Lipinski definition) is 3. The van der Waals surface area contributed by atoms with Crippen molar-refractivity contribution in [3.05, 3.63) is 30.1 Å². The minimum Gasteiger partial charge on any atom is -0.480 e. The summed E-state index contributed by atoms with van der Waals surface area (Å²) in [6, 6.07) is 3.47. The first-order valence-electron chi connectivity index (χ1n) is 6.36. The zero-order valence-corrected chi connectivity index (χ0v) is 11.0. The van der Waals surface area contributed by atoms with Gasteiger partial charge in [0.1, 0.15) is 6.04 Å². The van der Waals surface area contributed by atoms with Gasteiger partial charge in [-0.15, -0.1) is 0 Å². The predicted octanol–water partition coefficient (Wildman–Crippen LogP) is 2.16. The third kappa shape index (κ3) is 2.70. The summed E-state index contributed by atoms with van der Waals surface area (Å²) in [6.45, 7) is 5.59. The summed E-state index contributed by atoms with van der Waals surface area (Å²) in [7, 11) is 0. The third-order valence-corrected chi connectivity index (χ3v) is 3.71. The molecule has 1 aromatic heterocycles. The number of rotatable bonds is 3. The Morgan fingerprint density at radius 1 is 1.61 bits per heavy atom. The fraction of sp³-hybridized carbons (Fsp3) is 0.571. The molecule has 1 unspecified atom stereocenters. The first kappa shape index (κ1) is 13.0. The van der Waals surface area contributed by atoms with Gasteiger partial charge in [0.2, 0.25) is 0 Å². The van der Waals surface area contributed by atoms with Crippen LogP contribution in [0.25, 0.3) is 0 Å². The molecule has 1 fully saturated rings. The van der Waals surface area contributed by atoms with Crippen LogP contribution in [0, 0.1) is 5.41 Å². The molecule has 1 N–H and O–H groups in total. The van der Waals surface area contributed by atoms with Gasteiger partial charge in [-0.1, -0.05) is 19.9 Å². The van der Waals surface area contributed by atoms with E-state index in [9.17, 15) is 9.90 Å². The maximum Gasteiger partial charge on any atom is 0.321 e. The lowest BCUT2D eigenvalue weighted by molar-refractivity contribution is -0.151. The van der Waals surface area contributed by atoms with Gasteiger partial charge in [0.25, 0.3) is 0 Å². The molecule has 0 aromatic carbocycles. The molecule has 0 aliphatic carbocycles. The molecule has 1 aliphatic rings. The Kier molecular flexibility index (Phi) is 3.66. The number of carbonyl (C=O) groups is 1. The lowest BCUT2D eigenvalue weighted by Crippen LogP contribution is -2.53. The van der Waals surface area contributed by atoms with Crippen molar-refractivity contribution >= 4 is 5.97 Å². The van der Waals surface area contributed by atoms with Crippen LogP contribution in [0.2, 0.25) is 0 Å². The van der Waals surface area contributed by atoms with Gasteiger partial charge in [-0.2, -0.15) is 0 Å². The van der Waals surface area contributed by atoms with E-state index in [1.165, 1.54) is 0 Å². The minimum absolute atomic E-state index is 0.174. The first-order chi connectivity index (χ1) is 8.50. The third-order valence-electron chi connectivity index (χ3n) is 3.71. The van der Waals surface area contributed by atoms with Crippen molar-refractivity contribution in [2.75, 3.05) is 6.54 Å². The molecule has 0 radical (unpaired) electrons. The molecule has 1 saturated heterocycles. The molecule has 4 nitrogen and oxygen atoms in total. The van der Waals surface area contributed by atoms with Crippen molar-refractivity contribution in [1.82, 2.24) is 9.88 Å². The second-order valence-corrected chi connectivity index (χ2v) is 5.66. The van der Waals surface area contributed by atoms with Crippen LogP contribution in [0.3, 0.4) is 0 Å². The van der Waals surface area contributed by atoms with Crippen molar-refractivity contribution in [1.29, 1.82) is 0 Å². The van der Waals surface area contributed by atoms with Crippen LogP contribution in [0.1, 0.15) is 32.3 Å². The summed E-state index contributed by atoms with van der Waals surface area (Å²) in [5.74, 6) is -0.719. The molecule has 2 heterocycles. The van der Waals surface area contributed by atoms with Gasteiger partial charge in [0.05, 0.1) is 0 Å². The van der Waals surface area contributed by atoms with E-state index >= 15 is 0 Å². The zero-order chi connectivity index (χ0) is 13.2. The van der Waals surface area contributed by atoms with Gasteiger partial charge in [-0.05, 0) is 36.4 Å². The Labute approximate surface area is 108 Å². The number of carboxylic acids is 1. The smallest absolute Gasteiger partial charge is 0.321 e. The van der Waals surface area contributed by atoms with E-state index in [4.69, 9.17) is 0 Å². The highest BCUT2D eigenvalue weighted by atomic mass is 16.4. The van der Waals surface area contributed by atoms with Crippen molar-refractivity contribution in [2.24, 2.45) is 5.41 Å². The SMILES string of the molecule is CC1(C)CCCN(Cc2cccnc2)C1C(=O)O. The standard InChI is InChI=1S/C14H20N2O2/c1-14(2)6-4-8-16(12(14)13(17)18)10-11-5-3-7-15-9-11/h3,5,7,9,12H,4,6,8,10H2,1-2H3,(H,17,18). The predicted molar refractivity (Wildman–Crippen MR) is 69.1 cm³/mol. The molecule has 18 heavy (non-hydrogen) atoms. The number of pyridine rings is 1. The maximum absolute atomic E-state index is 11.5. The number of nitrogens with zero attached hydrogens (tertiary/aromatic N) is 2. The number of aliphatic carboxylic acids is 1.